The number of rotatable bonds is 6. The monoisotopic (exact) mass is 209 g/mol. The standard InChI is InChI=1S/C13H20FN/c1-3-11(4-2)9-15-10-12-5-7-13(14)8-6-12/h5-8,11,15H,3-4,9-10H2,1-2H3. The molecular weight excluding hydrogens is 189 g/mol. The third-order valence-electron chi connectivity index (χ3n) is 2.83. The fourth-order valence-corrected chi connectivity index (χ4v) is 1.60. The maximum atomic E-state index is 12.6. The molecule has 0 aliphatic carbocycles. The summed E-state index contributed by atoms with van der Waals surface area (Å²) in [6.07, 6.45) is 2.43. The highest BCUT2D eigenvalue weighted by Crippen LogP contribution is 2.06. The fourth-order valence-electron chi connectivity index (χ4n) is 1.60. The van der Waals surface area contributed by atoms with Crippen molar-refractivity contribution in [2.24, 2.45) is 5.92 Å². The van der Waals surface area contributed by atoms with Gasteiger partial charge in [-0.15, -0.1) is 0 Å². The van der Waals surface area contributed by atoms with Crippen LogP contribution >= 0.6 is 0 Å². The smallest absolute Gasteiger partial charge is 0.123 e. The van der Waals surface area contributed by atoms with Crippen molar-refractivity contribution in [2.75, 3.05) is 6.54 Å². The number of hydrogen-bond donors (Lipinski definition) is 1. The Labute approximate surface area is 91.7 Å². The molecule has 84 valence electrons. The second-order valence-electron chi connectivity index (χ2n) is 3.94. The van der Waals surface area contributed by atoms with Gasteiger partial charge in [-0.05, 0) is 30.2 Å². The van der Waals surface area contributed by atoms with Crippen LogP contribution in [0, 0.1) is 11.7 Å². The second kappa shape index (κ2) is 6.57. The first-order valence-electron chi connectivity index (χ1n) is 5.71. The molecular formula is C13H20FN. The Balaban J connectivity index is 2.28. The van der Waals surface area contributed by atoms with Gasteiger partial charge in [-0.3, -0.25) is 0 Å². The molecule has 0 unspecified atom stereocenters. The zero-order valence-corrected chi connectivity index (χ0v) is 9.59. The van der Waals surface area contributed by atoms with E-state index in [2.05, 4.69) is 19.2 Å². The molecule has 1 nitrogen and oxygen atoms in total. The van der Waals surface area contributed by atoms with Gasteiger partial charge in [-0.2, -0.15) is 0 Å². The average molecular weight is 209 g/mol. The Bertz CT molecular complexity index is 264. The van der Waals surface area contributed by atoms with E-state index >= 15 is 0 Å². The van der Waals surface area contributed by atoms with Crippen LogP contribution in [0.1, 0.15) is 32.3 Å². The normalized spacial score (nSPS) is 10.9. The molecule has 0 atom stereocenters. The van der Waals surface area contributed by atoms with E-state index in [1.54, 1.807) is 0 Å². The first-order chi connectivity index (χ1) is 7.26. The van der Waals surface area contributed by atoms with E-state index in [0.29, 0.717) is 0 Å². The van der Waals surface area contributed by atoms with Gasteiger partial charge >= 0.3 is 0 Å². The van der Waals surface area contributed by atoms with Crippen LogP contribution in [-0.4, -0.2) is 6.54 Å². The Morgan fingerprint density at radius 1 is 1.13 bits per heavy atom. The lowest BCUT2D eigenvalue weighted by molar-refractivity contribution is 0.449. The Hall–Kier alpha value is -0.890. The molecule has 0 heterocycles. The van der Waals surface area contributed by atoms with Gasteiger partial charge in [0, 0.05) is 6.54 Å². The van der Waals surface area contributed by atoms with Gasteiger partial charge in [-0.25, -0.2) is 4.39 Å². The molecule has 15 heavy (non-hydrogen) atoms. The summed E-state index contributed by atoms with van der Waals surface area (Å²) in [6, 6.07) is 6.67. The van der Waals surface area contributed by atoms with E-state index in [9.17, 15) is 4.39 Å². The number of nitrogens with one attached hydrogen (secondary N) is 1. The molecule has 1 N–H and O–H groups in total. The number of benzene rings is 1. The van der Waals surface area contributed by atoms with Crippen LogP contribution in [0.5, 0.6) is 0 Å². The van der Waals surface area contributed by atoms with Crippen LogP contribution < -0.4 is 5.32 Å². The lowest BCUT2D eigenvalue weighted by Crippen LogP contribution is -2.21. The Morgan fingerprint density at radius 3 is 2.27 bits per heavy atom. The van der Waals surface area contributed by atoms with E-state index < -0.39 is 0 Å². The molecule has 0 aliphatic heterocycles. The second-order valence-corrected chi connectivity index (χ2v) is 3.94. The van der Waals surface area contributed by atoms with Crippen molar-refractivity contribution in [1.29, 1.82) is 0 Å². The van der Waals surface area contributed by atoms with Crippen molar-refractivity contribution in [3.05, 3.63) is 35.6 Å². The summed E-state index contributed by atoms with van der Waals surface area (Å²) in [5.41, 5.74) is 1.14. The van der Waals surface area contributed by atoms with Crippen LogP contribution in [0.2, 0.25) is 0 Å². The molecule has 0 bridgehead atoms. The van der Waals surface area contributed by atoms with Crippen LogP contribution in [0.25, 0.3) is 0 Å². The summed E-state index contributed by atoms with van der Waals surface area (Å²) in [5, 5.41) is 3.40. The number of hydrogen-bond acceptors (Lipinski definition) is 1. The Morgan fingerprint density at radius 2 is 1.73 bits per heavy atom. The molecule has 1 rings (SSSR count). The average Bonchev–Trinajstić information content (AvgIpc) is 2.27. The minimum Gasteiger partial charge on any atom is -0.312 e. The first-order valence-corrected chi connectivity index (χ1v) is 5.71. The first kappa shape index (κ1) is 12.2. The van der Waals surface area contributed by atoms with Crippen molar-refractivity contribution < 1.29 is 4.39 Å². The molecule has 1 aromatic carbocycles. The summed E-state index contributed by atoms with van der Waals surface area (Å²) >= 11 is 0. The molecule has 0 amide bonds. The minimum absolute atomic E-state index is 0.168. The van der Waals surface area contributed by atoms with Gasteiger partial charge in [0.2, 0.25) is 0 Å². The van der Waals surface area contributed by atoms with Crippen molar-refractivity contribution in [3.8, 4) is 0 Å². The zero-order chi connectivity index (χ0) is 11.1. The highest BCUT2D eigenvalue weighted by Gasteiger charge is 2.02. The van der Waals surface area contributed by atoms with E-state index in [1.165, 1.54) is 25.0 Å². The van der Waals surface area contributed by atoms with Crippen LogP contribution in [0.3, 0.4) is 0 Å². The van der Waals surface area contributed by atoms with Crippen molar-refractivity contribution in [2.45, 2.75) is 33.2 Å². The maximum Gasteiger partial charge on any atom is 0.123 e. The quantitative estimate of drug-likeness (QED) is 0.757. The third-order valence-corrected chi connectivity index (χ3v) is 2.83. The molecule has 0 saturated heterocycles. The number of halogens is 1. The van der Waals surface area contributed by atoms with Crippen molar-refractivity contribution in [3.63, 3.8) is 0 Å². The predicted molar refractivity (Wildman–Crippen MR) is 62.2 cm³/mol. The zero-order valence-electron chi connectivity index (χ0n) is 9.59. The maximum absolute atomic E-state index is 12.6. The van der Waals surface area contributed by atoms with Crippen LogP contribution in [0.4, 0.5) is 4.39 Å². The van der Waals surface area contributed by atoms with Gasteiger partial charge in [-0.1, -0.05) is 38.8 Å². The van der Waals surface area contributed by atoms with Gasteiger partial charge < -0.3 is 5.32 Å². The van der Waals surface area contributed by atoms with Crippen molar-refractivity contribution in [1.82, 2.24) is 5.32 Å². The van der Waals surface area contributed by atoms with E-state index in [1.807, 2.05) is 12.1 Å². The van der Waals surface area contributed by atoms with Gasteiger partial charge in [0.15, 0.2) is 0 Å². The molecule has 0 aromatic heterocycles. The van der Waals surface area contributed by atoms with Gasteiger partial charge in [0.05, 0.1) is 0 Å². The lowest BCUT2D eigenvalue weighted by Gasteiger charge is -2.13. The molecule has 2 heteroatoms. The van der Waals surface area contributed by atoms with Crippen molar-refractivity contribution >= 4 is 0 Å². The predicted octanol–water partition coefficient (Wildman–Crippen LogP) is 3.35. The lowest BCUT2D eigenvalue weighted by atomic mass is 10.0. The van der Waals surface area contributed by atoms with Crippen LogP contribution in [0.15, 0.2) is 24.3 Å². The summed E-state index contributed by atoms with van der Waals surface area (Å²) in [7, 11) is 0. The topological polar surface area (TPSA) is 12.0 Å². The molecule has 0 spiro atoms. The largest absolute Gasteiger partial charge is 0.312 e. The summed E-state index contributed by atoms with van der Waals surface area (Å²) in [4.78, 5) is 0. The van der Waals surface area contributed by atoms with Gasteiger partial charge in [0.25, 0.3) is 0 Å². The van der Waals surface area contributed by atoms with Gasteiger partial charge in [0.1, 0.15) is 5.82 Å². The van der Waals surface area contributed by atoms with E-state index in [-0.39, 0.29) is 5.82 Å². The molecule has 0 fully saturated rings. The fraction of sp³-hybridized carbons (Fsp3) is 0.538. The summed E-state index contributed by atoms with van der Waals surface area (Å²) < 4.78 is 12.6. The third kappa shape index (κ3) is 4.43. The van der Waals surface area contributed by atoms with E-state index in [4.69, 9.17) is 0 Å². The highest BCUT2D eigenvalue weighted by atomic mass is 19.1. The van der Waals surface area contributed by atoms with Crippen LogP contribution in [-0.2, 0) is 6.54 Å². The SMILES string of the molecule is CCC(CC)CNCc1ccc(F)cc1. The highest BCUT2D eigenvalue weighted by molar-refractivity contribution is 5.15. The Kier molecular flexibility index (Phi) is 5.33. The molecule has 0 saturated carbocycles. The molecule has 0 aliphatic rings. The minimum atomic E-state index is -0.168. The molecule has 0 radical (unpaired) electrons. The summed E-state index contributed by atoms with van der Waals surface area (Å²) in [5.74, 6) is 0.587. The van der Waals surface area contributed by atoms with E-state index in [0.717, 1.165) is 24.6 Å². The summed E-state index contributed by atoms with van der Waals surface area (Å²) in [6.45, 7) is 6.31. The molecule has 1 aromatic rings.